The van der Waals surface area contributed by atoms with E-state index in [1.165, 1.54) is 0 Å². The molecule has 0 spiro atoms. The Hall–Kier alpha value is -0.290. The number of alkyl halides is 1. The lowest BCUT2D eigenvalue weighted by Crippen LogP contribution is -2.09. The number of phosphoric acid groups is 1. The third-order valence-electron chi connectivity index (χ3n) is 0.550. The van der Waals surface area contributed by atoms with Gasteiger partial charge in [0, 0.05) is 0 Å². The molecule has 0 radical (unpaired) electrons. The fourth-order valence-corrected chi connectivity index (χ4v) is 0.544. The van der Waals surface area contributed by atoms with Crippen LogP contribution in [0.15, 0.2) is 0 Å². The van der Waals surface area contributed by atoms with Crippen LogP contribution < -0.4 is 0 Å². The summed E-state index contributed by atoms with van der Waals surface area (Å²) in [5.41, 5.74) is 0. The fraction of sp³-hybridized carbons (Fsp3) is 0.667. The Morgan fingerprint density at radius 3 is 2.50 bits per heavy atom. The molecule has 0 aliphatic rings. The van der Waals surface area contributed by atoms with Gasteiger partial charge in [0.25, 0.3) is 0 Å². The molecule has 0 aliphatic carbocycles. The number of hydrogen-bond donors (Lipinski definition) is 2. The molecule has 0 aromatic heterocycles. The van der Waals surface area contributed by atoms with Gasteiger partial charge >= 0.3 is 7.82 Å². The molecule has 0 rings (SSSR count). The van der Waals surface area contributed by atoms with Crippen LogP contribution in [0.4, 0.5) is 4.39 Å². The highest BCUT2D eigenvalue weighted by Gasteiger charge is 2.16. The van der Waals surface area contributed by atoms with Gasteiger partial charge in [-0.3, -0.25) is 4.52 Å². The number of carbonyl (C=O) groups excluding carboxylic acids is 1. The lowest BCUT2D eigenvalue weighted by atomic mass is 10.5. The maximum atomic E-state index is 11.8. The fourth-order valence-electron chi connectivity index (χ4n) is 0.208. The van der Waals surface area contributed by atoms with Crippen molar-refractivity contribution < 1.29 is 28.1 Å². The zero-order valence-corrected chi connectivity index (χ0v) is 5.70. The average molecular weight is 172 g/mol. The Balaban J connectivity index is 3.55. The van der Waals surface area contributed by atoms with Crippen LogP contribution in [0.5, 0.6) is 0 Å². The average Bonchev–Trinajstić information content (AvgIpc) is 1.81. The largest absolute Gasteiger partial charge is 0.469 e. The van der Waals surface area contributed by atoms with Gasteiger partial charge in [-0.15, -0.1) is 0 Å². The van der Waals surface area contributed by atoms with Crippen molar-refractivity contribution in [2.24, 2.45) is 0 Å². The van der Waals surface area contributed by atoms with Crippen LogP contribution in [0.25, 0.3) is 0 Å². The van der Waals surface area contributed by atoms with Gasteiger partial charge in [-0.25, -0.2) is 8.96 Å². The zero-order valence-electron chi connectivity index (χ0n) is 4.81. The van der Waals surface area contributed by atoms with E-state index in [-0.39, 0.29) is 6.29 Å². The third kappa shape index (κ3) is 5.84. The second-order valence-electron chi connectivity index (χ2n) is 1.44. The van der Waals surface area contributed by atoms with Crippen LogP contribution in [0.3, 0.4) is 0 Å². The van der Waals surface area contributed by atoms with Crippen LogP contribution in [0, 0.1) is 0 Å². The van der Waals surface area contributed by atoms with E-state index in [0.29, 0.717) is 0 Å². The first-order valence-corrected chi connectivity index (χ1v) is 3.78. The van der Waals surface area contributed by atoms with Crippen LogP contribution in [0.2, 0.25) is 0 Å². The number of rotatable bonds is 4. The SMILES string of the molecule is O=CC(F)COP(=O)(O)O. The van der Waals surface area contributed by atoms with Gasteiger partial charge in [-0.05, 0) is 0 Å². The standard InChI is InChI=1S/C3H6FO5P/c4-3(1-5)2-9-10(6,7)8/h1,3H,2H2,(H2,6,7,8). The Kier molecular flexibility index (Phi) is 3.67. The first-order chi connectivity index (χ1) is 4.45. The Bertz CT molecular complexity index is 153. The van der Waals surface area contributed by atoms with Gasteiger partial charge in [-0.2, -0.15) is 0 Å². The second-order valence-corrected chi connectivity index (χ2v) is 2.68. The molecular formula is C3H6FO5P. The lowest BCUT2D eigenvalue weighted by molar-refractivity contribution is -0.112. The van der Waals surface area contributed by atoms with E-state index in [1.807, 2.05) is 0 Å². The predicted octanol–water partition coefficient (Wildman–Crippen LogP) is -0.367. The van der Waals surface area contributed by atoms with Crippen molar-refractivity contribution in [3.8, 4) is 0 Å². The van der Waals surface area contributed by atoms with Crippen molar-refractivity contribution in [1.29, 1.82) is 0 Å². The first-order valence-electron chi connectivity index (χ1n) is 2.25. The molecule has 0 aromatic rings. The number of phosphoric ester groups is 1. The molecule has 2 N–H and O–H groups in total. The molecule has 0 aliphatic heterocycles. The molecule has 0 aromatic carbocycles. The molecule has 0 fully saturated rings. The monoisotopic (exact) mass is 172 g/mol. The molecule has 0 heterocycles. The van der Waals surface area contributed by atoms with E-state index in [1.54, 1.807) is 0 Å². The van der Waals surface area contributed by atoms with E-state index in [4.69, 9.17) is 9.79 Å². The Morgan fingerprint density at radius 2 is 2.20 bits per heavy atom. The summed E-state index contributed by atoms with van der Waals surface area (Å²) in [5, 5.41) is 0. The minimum absolute atomic E-state index is 0.102. The summed E-state index contributed by atoms with van der Waals surface area (Å²) in [4.78, 5) is 25.5. The van der Waals surface area contributed by atoms with Crippen molar-refractivity contribution in [2.45, 2.75) is 6.17 Å². The van der Waals surface area contributed by atoms with Crippen molar-refractivity contribution in [2.75, 3.05) is 6.61 Å². The second kappa shape index (κ2) is 3.78. The van der Waals surface area contributed by atoms with Crippen molar-refractivity contribution in [1.82, 2.24) is 0 Å². The molecular weight excluding hydrogens is 166 g/mol. The van der Waals surface area contributed by atoms with Crippen LogP contribution in [-0.4, -0.2) is 28.9 Å². The number of aldehydes is 1. The van der Waals surface area contributed by atoms with Crippen molar-refractivity contribution >= 4 is 14.1 Å². The van der Waals surface area contributed by atoms with Gasteiger partial charge in [0.1, 0.15) is 0 Å². The smallest absolute Gasteiger partial charge is 0.303 e. The minimum Gasteiger partial charge on any atom is -0.303 e. The summed E-state index contributed by atoms with van der Waals surface area (Å²) in [6, 6.07) is 0. The third-order valence-corrected chi connectivity index (χ3v) is 1.04. The summed E-state index contributed by atoms with van der Waals surface area (Å²) in [6.45, 7) is -0.909. The molecule has 1 unspecified atom stereocenters. The summed E-state index contributed by atoms with van der Waals surface area (Å²) in [6.07, 6.45) is -2.08. The predicted molar refractivity (Wildman–Crippen MR) is 29.0 cm³/mol. The quantitative estimate of drug-likeness (QED) is 0.446. The van der Waals surface area contributed by atoms with Gasteiger partial charge < -0.3 is 14.6 Å². The molecule has 0 amide bonds. The van der Waals surface area contributed by atoms with Crippen LogP contribution in [-0.2, 0) is 13.9 Å². The van der Waals surface area contributed by atoms with Gasteiger partial charge in [-0.1, -0.05) is 0 Å². The molecule has 1 atom stereocenters. The van der Waals surface area contributed by atoms with Crippen LogP contribution >= 0.6 is 7.82 Å². The highest BCUT2D eigenvalue weighted by atomic mass is 31.2. The van der Waals surface area contributed by atoms with Gasteiger partial charge in [0.2, 0.25) is 0 Å². The van der Waals surface area contributed by atoms with Gasteiger partial charge in [0.05, 0.1) is 6.61 Å². The summed E-state index contributed by atoms with van der Waals surface area (Å²) >= 11 is 0. The highest BCUT2D eigenvalue weighted by Crippen LogP contribution is 2.35. The van der Waals surface area contributed by atoms with Gasteiger partial charge in [0.15, 0.2) is 12.5 Å². The summed E-state index contributed by atoms with van der Waals surface area (Å²) < 4.78 is 25.3. The normalized spacial score (nSPS) is 14.7. The zero-order chi connectivity index (χ0) is 8.20. The van der Waals surface area contributed by atoms with Crippen LogP contribution in [0.1, 0.15) is 0 Å². The minimum atomic E-state index is -4.63. The Morgan fingerprint density at radius 1 is 1.70 bits per heavy atom. The Labute approximate surface area is 56.0 Å². The molecule has 0 saturated heterocycles. The van der Waals surface area contributed by atoms with E-state index in [9.17, 15) is 13.8 Å². The van der Waals surface area contributed by atoms with E-state index < -0.39 is 20.6 Å². The molecule has 0 saturated carbocycles. The number of hydrogen-bond acceptors (Lipinski definition) is 3. The molecule has 60 valence electrons. The number of carbonyl (C=O) groups is 1. The molecule has 7 heteroatoms. The van der Waals surface area contributed by atoms with Crippen molar-refractivity contribution in [3.63, 3.8) is 0 Å². The highest BCUT2D eigenvalue weighted by molar-refractivity contribution is 7.46. The molecule has 0 bridgehead atoms. The first kappa shape index (κ1) is 9.71. The van der Waals surface area contributed by atoms with E-state index in [2.05, 4.69) is 4.52 Å². The number of halogens is 1. The molecule has 5 nitrogen and oxygen atoms in total. The van der Waals surface area contributed by atoms with E-state index in [0.717, 1.165) is 0 Å². The van der Waals surface area contributed by atoms with E-state index >= 15 is 0 Å². The van der Waals surface area contributed by atoms with Crippen molar-refractivity contribution in [3.05, 3.63) is 0 Å². The topological polar surface area (TPSA) is 83.8 Å². The maximum absolute atomic E-state index is 11.8. The molecule has 10 heavy (non-hydrogen) atoms. The summed E-state index contributed by atoms with van der Waals surface area (Å²) in [7, 11) is -4.63. The lowest BCUT2D eigenvalue weighted by Gasteiger charge is -2.03. The summed E-state index contributed by atoms with van der Waals surface area (Å²) in [5.74, 6) is 0. The maximum Gasteiger partial charge on any atom is 0.469 e.